The quantitative estimate of drug-likeness (QED) is 0.825. The minimum absolute atomic E-state index is 0.220. The SMILES string of the molecule is Cc1nccc(-c2cccc(NCC(O)CCl)c2)n1. The number of rotatable bonds is 5. The van der Waals surface area contributed by atoms with Crippen molar-refractivity contribution in [2.45, 2.75) is 13.0 Å². The fourth-order valence-electron chi connectivity index (χ4n) is 1.70. The van der Waals surface area contributed by atoms with Gasteiger partial charge in [0.25, 0.3) is 0 Å². The third-order valence-electron chi connectivity index (χ3n) is 2.65. The van der Waals surface area contributed by atoms with Gasteiger partial charge in [0.1, 0.15) is 5.82 Å². The van der Waals surface area contributed by atoms with Crippen LogP contribution in [0.3, 0.4) is 0 Å². The number of aliphatic hydroxyl groups is 1. The lowest BCUT2D eigenvalue weighted by Gasteiger charge is -2.11. The highest BCUT2D eigenvalue weighted by Gasteiger charge is 2.04. The molecule has 1 atom stereocenters. The summed E-state index contributed by atoms with van der Waals surface area (Å²) in [6.45, 7) is 2.29. The molecule has 1 aromatic carbocycles. The van der Waals surface area contributed by atoms with Crippen molar-refractivity contribution in [3.8, 4) is 11.3 Å². The lowest BCUT2D eigenvalue weighted by molar-refractivity contribution is 0.211. The number of nitrogens with one attached hydrogen (secondary N) is 1. The Labute approximate surface area is 117 Å². The summed E-state index contributed by atoms with van der Waals surface area (Å²) in [6.07, 6.45) is 1.20. The highest BCUT2D eigenvalue weighted by Crippen LogP contribution is 2.20. The molecule has 0 fully saturated rings. The number of hydrogen-bond acceptors (Lipinski definition) is 4. The number of hydrogen-bond donors (Lipinski definition) is 2. The third kappa shape index (κ3) is 3.91. The van der Waals surface area contributed by atoms with Crippen LogP contribution in [0.2, 0.25) is 0 Å². The highest BCUT2D eigenvalue weighted by atomic mass is 35.5. The van der Waals surface area contributed by atoms with Gasteiger partial charge in [-0.15, -0.1) is 11.6 Å². The van der Waals surface area contributed by atoms with Gasteiger partial charge in [0.15, 0.2) is 0 Å². The Morgan fingerprint density at radius 3 is 2.95 bits per heavy atom. The zero-order chi connectivity index (χ0) is 13.7. The molecule has 1 heterocycles. The van der Waals surface area contributed by atoms with E-state index in [1.54, 1.807) is 6.20 Å². The summed E-state index contributed by atoms with van der Waals surface area (Å²) < 4.78 is 0. The van der Waals surface area contributed by atoms with Crippen molar-refractivity contribution in [2.75, 3.05) is 17.7 Å². The number of aromatic nitrogens is 2. The molecule has 0 aliphatic carbocycles. The molecule has 0 amide bonds. The fourth-order valence-corrected chi connectivity index (χ4v) is 1.80. The van der Waals surface area contributed by atoms with Crippen molar-refractivity contribution in [2.24, 2.45) is 0 Å². The molecule has 2 aromatic rings. The maximum absolute atomic E-state index is 9.43. The Balaban J connectivity index is 2.15. The fraction of sp³-hybridized carbons (Fsp3) is 0.286. The first kappa shape index (κ1) is 13.8. The molecule has 0 bridgehead atoms. The number of anilines is 1. The van der Waals surface area contributed by atoms with Crippen molar-refractivity contribution < 1.29 is 5.11 Å². The topological polar surface area (TPSA) is 58.0 Å². The van der Waals surface area contributed by atoms with Crippen LogP contribution in [0.25, 0.3) is 11.3 Å². The van der Waals surface area contributed by atoms with Crippen LogP contribution in [0.4, 0.5) is 5.69 Å². The Hall–Kier alpha value is -1.65. The molecule has 0 spiro atoms. The predicted molar refractivity (Wildman–Crippen MR) is 77.4 cm³/mol. The minimum atomic E-state index is -0.549. The second-order valence-corrected chi connectivity index (χ2v) is 4.57. The molecule has 0 radical (unpaired) electrons. The predicted octanol–water partition coefficient (Wildman–Crippen LogP) is 2.46. The van der Waals surface area contributed by atoms with Gasteiger partial charge >= 0.3 is 0 Å². The van der Waals surface area contributed by atoms with Gasteiger partial charge in [-0.3, -0.25) is 0 Å². The summed E-state index contributed by atoms with van der Waals surface area (Å²) in [5.41, 5.74) is 2.82. The normalized spacial score (nSPS) is 12.2. The maximum Gasteiger partial charge on any atom is 0.125 e. The van der Waals surface area contributed by atoms with Crippen LogP contribution in [0, 0.1) is 6.92 Å². The van der Waals surface area contributed by atoms with Gasteiger partial charge in [-0.05, 0) is 25.1 Å². The third-order valence-corrected chi connectivity index (χ3v) is 3.01. The maximum atomic E-state index is 9.43. The summed E-state index contributed by atoms with van der Waals surface area (Å²) >= 11 is 5.56. The number of aliphatic hydroxyl groups excluding tert-OH is 1. The monoisotopic (exact) mass is 277 g/mol. The first-order valence-electron chi connectivity index (χ1n) is 6.07. The van der Waals surface area contributed by atoms with E-state index in [0.717, 1.165) is 22.8 Å². The average molecular weight is 278 g/mol. The second kappa shape index (κ2) is 6.50. The zero-order valence-electron chi connectivity index (χ0n) is 10.7. The van der Waals surface area contributed by atoms with Gasteiger partial charge < -0.3 is 10.4 Å². The molecule has 0 aliphatic heterocycles. The Kier molecular flexibility index (Phi) is 4.71. The second-order valence-electron chi connectivity index (χ2n) is 4.26. The molecular formula is C14H16ClN3O. The largest absolute Gasteiger partial charge is 0.390 e. The molecule has 19 heavy (non-hydrogen) atoms. The van der Waals surface area contributed by atoms with Crippen LogP contribution < -0.4 is 5.32 Å². The molecular weight excluding hydrogens is 262 g/mol. The van der Waals surface area contributed by atoms with Gasteiger partial charge in [-0.1, -0.05) is 12.1 Å². The Morgan fingerprint density at radius 2 is 2.21 bits per heavy atom. The van der Waals surface area contributed by atoms with Crippen LogP contribution >= 0.6 is 11.6 Å². The summed E-state index contributed by atoms with van der Waals surface area (Å²) in [7, 11) is 0. The average Bonchev–Trinajstić information content (AvgIpc) is 2.45. The van der Waals surface area contributed by atoms with E-state index in [-0.39, 0.29) is 5.88 Å². The van der Waals surface area contributed by atoms with E-state index in [2.05, 4.69) is 15.3 Å². The summed E-state index contributed by atoms with van der Waals surface area (Å²) in [5, 5.41) is 12.6. The summed E-state index contributed by atoms with van der Waals surface area (Å²) in [5.74, 6) is 0.964. The molecule has 1 aromatic heterocycles. The molecule has 0 saturated carbocycles. The van der Waals surface area contributed by atoms with E-state index >= 15 is 0 Å². The molecule has 1 unspecified atom stereocenters. The standard InChI is InChI=1S/C14H16ClN3O/c1-10-16-6-5-14(18-10)11-3-2-4-12(7-11)17-9-13(19)8-15/h2-7,13,17,19H,8-9H2,1H3. The van der Waals surface area contributed by atoms with Crippen molar-refractivity contribution >= 4 is 17.3 Å². The Morgan fingerprint density at radius 1 is 1.37 bits per heavy atom. The lowest BCUT2D eigenvalue weighted by Crippen LogP contribution is -2.20. The number of aryl methyl sites for hydroxylation is 1. The molecule has 2 N–H and O–H groups in total. The summed E-state index contributed by atoms with van der Waals surface area (Å²) in [6, 6.07) is 9.74. The van der Waals surface area contributed by atoms with E-state index < -0.39 is 6.10 Å². The summed E-state index contributed by atoms with van der Waals surface area (Å²) in [4.78, 5) is 8.47. The lowest BCUT2D eigenvalue weighted by atomic mass is 10.1. The van der Waals surface area contributed by atoms with Gasteiger partial charge in [0, 0.05) is 24.0 Å². The van der Waals surface area contributed by atoms with Crippen LogP contribution in [-0.2, 0) is 0 Å². The van der Waals surface area contributed by atoms with Gasteiger partial charge in [0.05, 0.1) is 17.7 Å². The molecule has 100 valence electrons. The van der Waals surface area contributed by atoms with Crippen molar-refractivity contribution in [1.29, 1.82) is 0 Å². The number of nitrogens with zero attached hydrogens (tertiary/aromatic N) is 2. The van der Waals surface area contributed by atoms with E-state index in [0.29, 0.717) is 6.54 Å². The number of halogens is 1. The van der Waals surface area contributed by atoms with Gasteiger partial charge in [-0.25, -0.2) is 9.97 Å². The van der Waals surface area contributed by atoms with E-state index in [9.17, 15) is 5.11 Å². The van der Waals surface area contributed by atoms with Crippen LogP contribution in [-0.4, -0.2) is 33.6 Å². The molecule has 0 aliphatic rings. The van der Waals surface area contributed by atoms with Crippen LogP contribution in [0.5, 0.6) is 0 Å². The van der Waals surface area contributed by atoms with E-state index in [1.165, 1.54) is 0 Å². The van der Waals surface area contributed by atoms with Gasteiger partial charge in [0.2, 0.25) is 0 Å². The van der Waals surface area contributed by atoms with Gasteiger partial charge in [-0.2, -0.15) is 0 Å². The van der Waals surface area contributed by atoms with E-state index in [4.69, 9.17) is 11.6 Å². The van der Waals surface area contributed by atoms with Crippen molar-refractivity contribution in [3.05, 3.63) is 42.4 Å². The Bertz CT molecular complexity index is 548. The highest BCUT2D eigenvalue weighted by molar-refractivity contribution is 6.18. The zero-order valence-corrected chi connectivity index (χ0v) is 11.4. The first-order chi connectivity index (χ1) is 9.19. The smallest absolute Gasteiger partial charge is 0.125 e. The van der Waals surface area contributed by atoms with Crippen molar-refractivity contribution in [1.82, 2.24) is 9.97 Å². The minimum Gasteiger partial charge on any atom is -0.390 e. The molecule has 5 heteroatoms. The molecule has 2 rings (SSSR count). The van der Waals surface area contributed by atoms with Crippen LogP contribution in [0.15, 0.2) is 36.5 Å². The molecule has 0 saturated heterocycles. The van der Waals surface area contributed by atoms with Crippen LogP contribution in [0.1, 0.15) is 5.82 Å². The number of alkyl halides is 1. The van der Waals surface area contributed by atoms with E-state index in [1.807, 2.05) is 37.3 Å². The van der Waals surface area contributed by atoms with Crippen molar-refractivity contribution in [3.63, 3.8) is 0 Å². The first-order valence-corrected chi connectivity index (χ1v) is 6.60. The molecule has 4 nitrogen and oxygen atoms in total. The number of benzene rings is 1.